The SMILES string of the molecule is COC(=O)CN(C)c1oc(C(NC[C@H]2O[C@@H](CCO)[C@@H]3OC(C)(C)O[C@@H]32)C2CCCCC2)nc1Cc1ccccc1. The number of nitrogens with one attached hydrogen (secondary N) is 1. The van der Waals surface area contributed by atoms with E-state index in [1.165, 1.54) is 26.4 Å². The van der Waals surface area contributed by atoms with Gasteiger partial charge in [-0.1, -0.05) is 49.6 Å². The zero-order chi connectivity index (χ0) is 29.0. The van der Waals surface area contributed by atoms with Gasteiger partial charge in [-0.15, -0.1) is 0 Å². The average Bonchev–Trinajstić information content (AvgIpc) is 3.61. The number of methoxy groups -OCH3 is 1. The zero-order valence-electron chi connectivity index (χ0n) is 24.7. The fourth-order valence-corrected chi connectivity index (χ4v) is 6.49. The van der Waals surface area contributed by atoms with E-state index in [0.29, 0.717) is 37.1 Å². The summed E-state index contributed by atoms with van der Waals surface area (Å²) in [4.78, 5) is 19.0. The van der Waals surface area contributed by atoms with Crippen LogP contribution < -0.4 is 10.2 Å². The Hall–Kier alpha value is -2.50. The molecule has 2 saturated heterocycles. The third-order valence-corrected chi connectivity index (χ3v) is 8.43. The lowest BCUT2D eigenvalue weighted by molar-refractivity contribution is -0.187. The van der Waals surface area contributed by atoms with Crippen LogP contribution in [0, 0.1) is 5.92 Å². The summed E-state index contributed by atoms with van der Waals surface area (Å²) in [5, 5.41) is 13.4. The van der Waals surface area contributed by atoms with E-state index in [4.69, 9.17) is 28.3 Å². The van der Waals surface area contributed by atoms with E-state index < -0.39 is 5.79 Å². The van der Waals surface area contributed by atoms with Crippen LogP contribution in [0.25, 0.3) is 0 Å². The molecule has 0 bridgehead atoms. The number of rotatable bonds is 12. The van der Waals surface area contributed by atoms with E-state index >= 15 is 0 Å². The zero-order valence-corrected chi connectivity index (χ0v) is 24.7. The summed E-state index contributed by atoms with van der Waals surface area (Å²) in [6.07, 6.45) is 5.94. The molecule has 1 aromatic carbocycles. The summed E-state index contributed by atoms with van der Waals surface area (Å²) in [5.41, 5.74) is 1.90. The van der Waals surface area contributed by atoms with Crippen molar-refractivity contribution in [3.63, 3.8) is 0 Å². The second-order valence-electron chi connectivity index (χ2n) is 12.0. The summed E-state index contributed by atoms with van der Waals surface area (Å²) in [6, 6.07) is 10.0. The van der Waals surface area contributed by atoms with Crippen LogP contribution in [0.5, 0.6) is 0 Å². The molecule has 2 aliphatic heterocycles. The summed E-state index contributed by atoms with van der Waals surface area (Å²) >= 11 is 0. The first-order valence-electron chi connectivity index (χ1n) is 14.9. The van der Waals surface area contributed by atoms with Crippen LogP contribution in [0.15, 0.2) is 34.7 Å². The number of benzene rings is 1. The van der Waals surface area contributed by atoms with Gasteiger partial charge in [0.15, 0.2) is 5.79 Å². The summed E-state index contributed by atoms with van der Waals surface area (Å²) in [7, 11) is 3.21. The highest BCUT2D eigenvalue weighted by molar-refractivity contribution is 5.75. The lowest BCUT2D eigenvalue weighted by Crippen LogP contribution is -2.41. The Bertz CT molecular complexity index is 1130. The number of carbonyl (C=O) groups is 1. The van der Waals surface area contributed by atoms with E-state index in [1.807, 2.05) is 39.1 Å². The maximum atomic E-state index is 12.1. The maximum absolute atomic E-state index is 12.1. The first-order valence-corrected chi connectivity index (χ1v) is 14.9. The van der Waals surface area contributed by atoms with E-state index in [9.17, 15) is 9.90 Å². The summed E-state index contributed by atoms with van der Waals surface area (Å²) in [5.74, 6) is 0.520. The van der Waals surface area contributed by atoms with E-state index in [2.05, 4.69) is 17.4 Å². The molecule has 10 heteroatoms. The van der Waals surface area contributed by atoms with Gasteiger partial charge in [0.2, 0.25) is 11.8 Å². The minimum atomic E-state index is -0.693. The van der Waals surface area contributed by atoms with Crippen LogP contribution in [-0.4, -0.2) is 80.1 Å². The van der Waals surface area contributed by atoms with E-state index in [0.717, 1.165) is 24.1 Å². The highest BCUT2D eigenvalue weighted by Gasteiger charge is 2.54. The van der Waals surface area contributed by atoms with Crippen molar-refractivity contribution in [1.29, 1.82) is 0 Å². The molecule has 3 fully saturated rings. The first kappa shape index (κ1) is 30.0. The molecular weight excluding hydrogens is 526 g/mol. The molecule has 1 unspecified atom stereocenters. The van der Waals surface area contributed by atoms with Gasteiger partial charge in [0, 0.05) is 26.6 Å². The van der Waals surface area contributed by atoms with Gasteiger partial charge in [0.05, 0.1) is 25.4 Å². The van der Waals surface area contributed by atoms with Gasteiger partial charge < -0.3 is 38.7 Å². The van der Waals surface area contributed by atoms with Gasteiger partial charge in [-0.2, -0.15) is 0 Å². The topological polar surface area (TPSA) is 116 Å². The van der Waals surface area contributed by atoms with Crippen molar-refractivity contribution in [2.24, 2.45) is 5.92 Å². The Kier molecular flexibility index (Phi) is 9.66. The van der Waals surface area contributed by atoms with Crippen LogP contribution in [0.2, 0.25) is 0 Å². The number of aliphatic hydroxyl groups excluding tert-OH is 1. The fourth-order valence-electron chi connectivity index (χ4n) is 6.49. The van der Waals surface area contributed by atoms with E-state index in [-0.39, 0.29) is 49.6 Å². The lowest BCUT2D eigenvalue weighted by Gasteiger charge is -2.31. The molecule has 0 spiro atoms. The molecule has 10 nitrogen and oxygen atoms in total. The Labute approximate surface area is 242 Å². The molecule has 1 aromatic heterocycles. The third kappa shape index (κ3) is 7.11. The van der Waals surface area contributed by atoms with Gasteiger partial charge >= 0.3 is 5.97 Å². The predicted molar refractivity (Wildman–Crippen MR) is 153 cm³/mol. The molecule has 41 heavy (non-hydrogen) atoms. The highest BCUT2D eigenvalue weighted by Crippen LogP contribution is 2.41. The molecule has 0 radical (unpaired) electrons. The van der Waals surface area contributed by atoms with Crippen molar-refractivity contribution in [3.8, 4) is 0 Å². The van der Waals surface area contributed by atoms with Gasteiger partial charge in [0.25, 0.3) is 0 Å². The maximum Gasteiger partial charge on any atom is 0.325 e. The predicted octanol–water partition coefficient (Wildman–Crippen LogP) is 3.76. The van der Waals surface area contributed by atoms with Gasteiger partial charge in [-0.05, 0) is 44.6 Å². The minimum absolute atomic E-state index is 0.0326. The summed E-state index contributed by atoms with van der Waals surface area (Å²) < 4.78 is 30.2. The monoisotopic (exact) mass is 571 g/mol. The third-order valence-electron chi connectivity index (χ3n) is 8.43. The van der Waals surface area contributed by atoms with Crippen molar-refractivity contribution >= 4 is 11.9 Å². The van der Waals surface area contributed by atoms with Crippen LogP contribution >= 0.6 is 0 Å². The van der Waals surface area contributed by atoms with Crippen LogP contribution in [0.3, 0.4) is 0 Å². The molecule has 1 saturated carbocycles. The Balaban J connectivity index is 1.40. The standard InChI is InChI=1S/C31H45N3O7/c1-31(2)40-27-23(15-16-35)38-24(28(27)41-31)18-32-26(21-13-9-6-10-14-21)29-33-22(17-20-11-7-5-8-12-20)30(39-29)34(3)19-25(36)37-4/h5,7-8,11-12,21,23-24,26-28,32,35H,6,9-10,13-19H2,1-4H3/t23-,24+,26?,27-,28+/m0/s1. The molecular formula is C31H45N3O7. The average molecular weight is 572 g/mol. The molecule has 3 heterocycles. The molecule has 5 atom stereocenters. The van der Waals surface area contributed by atoms with Crippen LogP contribution in [0.4, 0.5) is 5.88 Å². The first-order chi connectivity index (χ1) is 19.8. The Morgan fingerprint density at radius 3 is 2.54 bits per heavy atom. The number of carbonyl (C=O) groups excluding carboxylic acids is 1. The lowest BCUT2D eigenvalue weighted by atomic mass is 9.83. The molecule has 2 aromatic rings. The molecule has 0 amide bonds. The molecule has 226 valence electrons. The van der Waals surface area contributed by atoms with E-state index in [1.54, 1.807) is 4.90 Å². The number of aliphatic hydroxyl groups is 1. The number of fused-ring (bicyclic) bond motifs is 1. The van der Waals surface area contributed by atoms with Gasteiger partial charge in [0.1, 0.15) is 24.4 Å². The quantitative estimate of drug-likeness (QED) is 0.365. The van der Waals surface area contributed by atoms with Gasteiger partial charge in [-0.25, -0.2) is 4.98 Å². The number of hydrogen-bond donors (Lipinski definition) is 2. The molecule has 5 rings (SSSR count). The minimum Gasteiger partial charge on any atom is -0.468 e. The van der Waals surface area contributed by atoms with Crippen molar-refractivity contribution < 1.29 is 33.3 Å². The molecule has 1 aliphatic carbocycles. The number of anilines is 1. The second kappa shape index (κ2) is 13.2. The molecule has 2 N–H and O–H groups in total. The number of likely N-dealkylation sites (N-methyl/N-ethyl adjacent to an activating group) is 1. The van der Waals surface area contributed by atoms with Crippen molar-refractivity contribution in [2.75, 3.05) is 38.8 Å². The largest absolute Gasteiger partial charge is 0.468 e. The normalized spacial score (nSPS) is 26.6. The second-order valence-corrected chi connectivity index (χ2v) is 12.0. The molecule has 3 aliphatic rings. The van der Waals surface area contributed by atoms with Crippen molar-refractivity contribution in [1.82, 2.24) is 10.3 Å². The fraction of sp³-hybridized carbons (Fsp3) is 0.677. The van der Waals surface area contributed by atoms with Crippen molar-refractivity contribution in [3.05, 3.63) is 47.5 Å². The highest BCUT2D eigenvalue weighted by atomic mass is 16.8. The van der Waals surface area contributed by atoms with Crippen LogP contribution in [-0.2, 0) is 30.2 Å². The number of aromatic nitrogens is 1. The van der Waals surface area contributed by atoms with Gasteiger partial charge in [-0.3, -0.25) is 4.79 Å². The van der Waals surface area contributed by atoms with Crippen LogP contribution in [0.1, 0.15) is 75.6 Å². The Morgan fingerprint density at radius 2 is 1.85 bits per heavy atom. The number of ether oxygens (including phenoxy) is 4. The number of esters is 1. The number of oxazole rings is 1. The summed E-state index contributed by atoms with van der Waals surface area (Å²) in [6.45, 7) is 4.47. The smallest absolute Gasteiger partial charge is 0.325 e. The van der Waals surface area contributed by atoms with Crippen molar-refractivity contribution in [2.45, 2.75) is 95.0 Å². The Morgan fingerprint density at radius 1 is 1.15 bits per heavy atom. The number of nitrogens with zero attached hydrogens (tertiary/aromatic N) is 2. The number of hydrogen-bond acceptors (Lipinski definition) is 10.